The molecule has 3 rings (SSSR count). The molecule has 0 aliphatic carbocycles. The first-order chi connectivity index (χ1) is 12.5. The fraction of sp³-hybridized carbons (Fsp3) is 0.278. The molecular formula is C18H18ClN3O4. The highest BCUT2D eigenvalue weighted by atomic mass is 35.5. The summed E-state index contributed by atoms with van der Waals surface area (Å²) >= 11 is 5.84. The van der Waals surface area contributed by atoms with Crippen molar-refractivity contribution in [1.29, 1.82) is 0 Å². The number of halogens is 1. The molecule has 8 heteroatoms. The molecule has 1 fully saturated rings. The normalized spacial score (nSPS) is 15.9. The zero-order valence-corrected chi connectivity index (χ0v) is 14.9. The number of anilines is 1. The van der Waals surface area contributed by atoms with Crippen molar-refractivity contribution in [3.63, 3.8) is 0 Å². The lowest BCUT2D eigenvalue weighted by Crippen LogP contribution is -2.28. The number of benzene rings is 1. The SMILES string of the molecule is COc1cc(NC(=O)Cc2ccc(Cl)cc2)ncc1C[C@H]1COC(=O)N1. The van der Waals surface area contributed by atoms with E-state index in [2.05, 4.69) is 15.6 Å². The van der Waals surface area contributed by atoms with E-state index < -0.39 is 6.09 Å². The molecule has 1 aromatic heterocycles. The maximum Gasteiger partial charge on any atom is 0.407 e. The molecule has 0 radical (unpaired) electrons. The highest BCUT2D eigenvalue weighted by Gasteiger charge is 2.23. The van der Waals surface area contributed by atoms with Crippen LogP contribution in [0.4, 0.5) is 10.6 Å². The largest absolute Gasteiger partial charge is 0.496 e. The van der Waals surface area contributed by atoms with Crippen LogP contribution < -0.4 is 15.4 Å². The van der Waals surface area contributed by atoms with Gasteiger partial charge in [0.05, 0.1) is 19.6 Å². The number of alkyl carbamates (subject to hydrolysis) is 1. The van der Waals surface area contributed by atoms with Crippen LogP contribution in [0, 0.1) is 0 Å². The second kappa shape index (κ2) is 8.05. The number of rotatable bonds is 6. The summed E-state index contributed by atoms with van der Waals surface area (Å²) in [6, 6.07) is 8.63. The fourth-order valence-electron chi connectivity index (χ4n) is 2.65. The van der Waals surface area contributed by atoms with E-state index in [0.717, 1.165) is 11.1 Å². The van der Waals surface area contributed by atoms with Crippen molar-refractivity contribution in [2.24, 2.45) is 0 Å². The monoisotopic (exact) mass is 375 g/mol. The first-order valence-electron chi connectivity index (χ1n) is 8.04. The molecule has 1 aliphatic heterocycles. The molecule has 2 heterocycles. The quantitative estimate of drug-likeness (QED) is 0.810. The van der Waals surface area contributed by atoms with Gasteiger partial charge in [-0.2, -0.15) is 0 Å². The summed E-state index contributed by atoms with van der Waals surface area (Å²) in [5, 5.41) is 6.08. The number of ether oxygens (including phenoxy) is 2. The summed E-state index contributed by atoms with van der Waals surface area (Å²) < 4.78 is 10.3. The molecule has 26 heavy (non-hydrogen) atoms. The van der Waals surface area contributed by atoms with Gasteiger partial charge in [0.2, 0.25) is 5.91 Å². The van der Waals surface area contributed by atoms with Crippen LogP contribution in [0.25, 0.3) is 0 Å². The van der Waals surface area contributed by atoms with Gasteiger partial charge in [-0.25, -0.2) is 9.78 Å². The van der Waals surface area contributed by atoms with E-state index in [1.165, 1.54) is 0 Å². The average molecular weight is 376 g/mol. The Hall–Kier alpha value is -2.80. The summed E-state index contributed by atoms with van der Waals surface area (Å²) in [7, 11) is 1.54. The number of nitrogens with zero attached hydrogens (tertiary/aromatic N) is 1. The summed E-state index contributed by atoms with van der Waals surface area (Å²) in [5.41, 5.74) is 1.67. The molecule has 0 saturated carbocycles. The standard InChI is InChI=1S/C18H18ClN3O4/c1-25-15-8-16(20-9-12(15)7-14-10-26-18(24)21-14)22-17(23)6-11-2-4-13(19)5-3-11/h2-5,8-9,14H,6-7,10H2,1H3,(H,21,24)(H,20,22,23)/t14-/m0/s1. The lowest BCUT2D eigenvalue weighted by atomic mass is 10.1. The van der Waals surface area contributed by atoms with Crippen molar-refractivity contribution in [2.45, 2.75) is 18.9 Å². The zero-order chi connectivity index (χ0) is 18.5. The lowest BCUT2D eigenvalue weighted by molar-refractivity contribution is -0.115. The third-order valence-corrected chi connectivity index (χ3v) is 4.16. The number of aromatic nitrogens is 1. The third kappa shape index (κ3) is 4.64. The van der Waals surface area contributed by atoms with Crippen molar-refractivity contribution < 1.29 is 19.1 Å². The Labute approximate surface area is 155 Å². The maximum absolute atomic E-state index is 12.2. The van der Waals surface area contributed by atoms with E-state index in [-0.39, 0.29) is 18.4 Å². The summed E-state index contributed by atoms with van der Waals surface area (Å²) in [5.74, 6) is 0.797. The van der Waals surface area contributed by atoms with Gasteiger partial charge in [-0.15, -0.1) is 0 Å². The molecule has 7 nitrogen and oxygen atoms in total. The van der Waals surface area contributed by atoms with Gasteiger partial charge in [0.15, 0.2) is 0 Å². The van der Waals surface area contributed by atoms with Crippen LogP contribution in [-0.4, -0.2) is 36.7 Å². The summed E-state index contributed by atoms with van der Waals surface area (Å²) in [4.78, 5) is 27.5. The van der Waals surface area contributed by atoms with Crippen molar-refractivity contribution in [1.82, 2.24) is 10.3 Å². The molecule has 2 N–H and O–H groups in total. The number of hydrogen-bond donors (Lipinski definition) is 2. The molecule has 136 valence electrons. The second-order valence-corrected chi connectivity index (χ2v) is 6.31. The predicted octanol–water partition coefficient (Wildman–Crippen LogP) is 2.58. The Bertz CT molecular complexity index is 811. The van der Waals surface area contributed by atoms with Crippen molar-refractivity contribution in [2.75, 3.05) is 19.0 Å². The topological polar surface area (TPSA) is 89.6 Å². The Morgan fingerprint density at radius 3 is 2.85 bits per heavy atom. The number of methoxy groups -OCH3 is 1. The van der Waals surface area contributed by atoms with Gasteiger partial charge in [0.25, 0.3) is 0 Å². The van der Waals surface area contributed by atoms with E-state index in [1.54, 1.807) is 43.6 Å². The van der Waals surface area contributed by atoms with E-state index >= 15 is 0 Å². The van der Waals surface area contributed by atoms with Crippen LogP contribution in [0.3, 0.4) is 0 Å². The van der Waals surface area contributed by atoms with E-state index in [9.17, 15) is 9.59 Å². The van der Waals surface area contributed by atoms with E-state index in [1.807, 2.05) is 0 Å². The number of carbonyl (C=O) groups excluding carboxylic acids is 2. The average Bonchev–Trinajstić information content (AvgIpc) is 3.03. The molecule has 0 bridgehead atoms. The summed E-state index contributed by atoms with van der Waals surface area (Å²) in [6.07, 6.45) is 1.95. The van der Waals surface area contributed by atoms with Gasteiger partial charge in [0, 0.05) is 29.3 Å². The number of amides is 2. The van der Waals surface area contributed by atoms with Crippen LogP contribution in [0.15, 0.2) is 36.5 Å². The van der Waals surface area contributed by atoms with Gasteiger partial charge < -0.3 is 20.1 Å². The molecule has 2 aromatic rings. The Morgan fingerprint density at radius 2 is 2.19 bits per heavy atom. The number of nitrogens with one attached hydrogen (secondary N) is 2. The molecule has 1 saturated heterocycles. The number of carbonyl (C=O) groups is 2. The van der Waals surface area contributed by atoms with Gasteiger partial charge in [-0.3, -0.25) is 4.79 Å². The van der Waals surface area contributed by atoms with Gasteiger partial charge in [-0.1, -0.05) is 23.7 Å². The maximum atomic E-state index is 12.2. The van der Waals surface area contributed by atoms with Crippen LogP contribution in [0.1, 0.15) is 11.1 Å². The minimum Gasteiger partial charge on any atom is -0.496 e. The number of cyclic esters (lactones) is 1. The minimum absolute atomic E-state index is 0.122. The molecule has 0 unspecified atom stereocenters. The number of hydrogen-bond acceptors (Lipinski definition) is 5. The second-order valence-electron chi connectivity index (χ2n) is 5.88. The van der Waals surface area contributed by atoms with Crippen molar-refractivity contribution >= 4 is 29.4 Å². The molecule has 2 amide bonds. The molecule has 1 atom stereocenters. The van der Waals surface area contributed by atoms with Gasteiger partial charge >= 0.3 is 6.09 Å². The highest BCUT2D eigenvalue weighted by molar-refractivity contribution is 6.30. The highest BCUT2D eigenvalue weighted by Crippen LogP contribution is 2.23. The Morgan fingerprint density at radius 1 is 1.42 bits per heavy atom. The predicted molar refractivity (Wildman–Crippen MR) is 96.6 cm³/mol. The first kappa shape index (κ1) is 18.0. The van der Waals surface area contributed by atoms with E-state index in [0.29, 0.717) is 29.6 Å². The van der Waals surface area contributed by atoms with Crippen LogP contribution >= 0.6 is 11.6 Å². The molecular weight excluding hydrogens is 358 g/mol. The summed E-state index contributed by atoms with van der Waals surface area (Å²) in [6.45, 7) is 0.307. The minimum atomic E-state index is -0.423. The molecule has 1 aliphatic rings. The lowest BCUT2D eigenvalue weighted by Gasteiger charge is -2.13. The van der Waals surface area contributed by atoms with Crippen molar-refractivity contribution in [3.05, 3.63) is 52.7 Å². The smallest absolute Gasteiger partial charge is 0.407 e. The van der Waals surface area contributed by atoms with Crippen molar-refractivity contribution in [3.8, 4) is 5.75 Å². The molecule has 0 spiro atoms. The molecule has 1 aromatic carbocycles. The first-order valence-corrected chi connectivity index (χ1v) is 8.42. The van der Waals surface area contributed by atoms with E-state index in [4.69, 9.17) is 21.1 Å². The van der Waals surface area contributed by atoms with Gasteiger partial charge in [-0.05, 0) is 17.7 Å². The zero-order valence-electron chi connectivity index (χ0n) is 14.1. The van der Waals surface area contributed by atoms with Crippen LogP contribution in [0.5, 0.6) is 5.75 Å². The third-order valence-electron chi connectivity index (χ3n) is 3.91. The van der Waals surface area contributed by atoms with Crippen LogP contribution in [-0.2, 0) is 22.4 Å². The van der Waals surface area contributed by atoms with Gasteiger partial charge in [0.1, 0.15) is 18.2 Å². The van der Waals surface area contributed by atoms with Crippen LogP contribution in [0.2, 0.25) is 5.02 Å². The number of pyridine rings is 1. The fourth-order valence-corrected chi connectivity index (χ4v) is 2.78. The Kier molecular flexibility index (Phi) is 5.58. The Balaban J connectivity index is 1.63.